The molecule has 1 fully saturated rings. The van der Waals surface area contributed by atoms with Crippen molar-refractivity contribution in [1.29, 1.82) is 0 Å². The predicted octanol–water partition coefficient (Wildman–Crippen LogP) is 6.59. The first-order valence-electron chi connectivity index (χ1n) is 9.54. The fourth-order valence-corrected chi connectivity index (χ4v) is 3.79. The van der Waals surface area contributed by atoms with Crippen LogP contribution in [0, 0.1) is 5.92 Å². The molecule has 4 nitrogen and oxygen atoms in total. The molecule has 1 atom stereocenters. The van der Waals surface area contributed by atoms with Crippen molar-refractivity contribution in [1.82, 2.24) is 0 Å². The molecule has 1 heterocycles. The van der Waals surface area contributed by atoms with Gasteiger partial charge in [-0.3, -0.25) is 4.79 Å². The molecule has 2 aliphatic rings. The zero-order valence-corrected chi connectivity index (χ0v) is 17.6. The smallest absolute Gasteiger partial charge is 0.374 e. The summed E-state index contributed by atoms with van der Waals surface area (Å²) in [7, 11) is 0. The van der Waals surface area contributed by atoms with Crippen LogP contribution in [0.4, 0.5) is 18.9 Å². The van der Waals surface area contributed by atoms with E-state index in [2.05, 4.69) is 10.5 Å². The third kappa shape index (κ3) is 4.72. The van der Waals surface area contributed by atoms with Gasteiger partial charge in [0.05, 0.1) is 5.71 Å². The van der Waals surface area contributed by atoms with Gasteiger partial charge in [0.2, 0.25) is 5.91 Å². The lowest BCUT2D eigenvalue weighted by atomic mass is 9.88. The van der Waals surface area contributed by atoms with Crippen LogP contribution in [0.2, 0.25) is 10.0 Å². The van der Waals surface area contributed by atoms with Crippen LogP contribution in [0.5, 0.6) is 0 Å². The Morgan fingerprint density at radius 3 is 2.32 bits per heavy atom. The third-order valence-corrected chi connectivity index (χ3v) is 5.57. The van der Waals surface area contributed by atoms with Crippen molar-refractivity contribution in [2.24, 2.45) is 11.1 Å². The van der Waals surface area contributed by atoms with Gasteiger partial charge < -0.3 is 10.2 Å². The molecular formula is C22H17Cl2F3N2O2. The molecule has 0 bridgehead atoms. The number of carbonyl (C=O) groups is 1. The summed E-state index contributed by atoms with van der Waals surface area (Å²) < 4.78 is 41.9. The highest BCUT2D eigenvalue weighted by Crippen LogP contribution is 2.49. The molecule has 1 saturated carbocycles. The van der Waals surface area contributed by atoms with Gasteiger partial charge >= 0.3 is 6.18 Å². The minimum atomic E-state index is -4.73. The maximum atomic E-state index is 14.0. The molecular weight excluding hydrogens is 452 g/mol. The molecule has 1 unspecified atom stereocenters. The van der Waals surface area contributed by atoms with Crippen molar-refractivity contribution in [2.45, 2.75) is 31.0 Å². The van der Waals surface area contributed by atoms with Gasteiger partial charge in [0.15, 0.2) is 0 Å². The number of allylic oxidation sites excluding steroid dienone is 1. The van der Waals surface area contributed by atoms with Gasteiger partial charge in [-0.05, 0) is 54.8 Å². The quantitative estimate of drug-likeness (QED) is 0.537. The van der Waals surface area contributed by atoms with Crippen LogP contribution in [0.15, 0.2) is 53.7 Å². The molecule has 2 aromatic rings. The topological polar surface area (TPSA) is 50.7 Å². The van der Waals surface area contributed by atoms with Gasteiger partial charge in [0.1, 0.15) is 0 Å². The van der Waals surface area contributed by atoms with Crippen LogP contribution in [-0.4, -0.2) is 17.8 Å². The number of nitrogens with zero attached hydrogens (tertiary/aromatic N) is 1. The number of amides is 1. The first-order chi connectivity index (χ1) is 14.7. The SMILES string of the molecule is O=C(Nc1ccc(/C=C/C2=NOC(c3cc(Cl)cc(Cl)c3)(C(F)(F)F)C2)cc1)C1CC1. The van der Waals surface area contributed by atoms with Crippen molar-refractivity contribution in [3.05, 3.63) is 69.7 Å². The van der Waals surface area contributed by atoms with Crippen molar-refractivity contribution in [2.75, 3.05) is 5.32 Å². The van der Waals surface area contributed by atoms with Crippen LogP contribution in [0.3, 0.4) is 0 Å². The number of alkyl halides is 3. The highest BCUT2D eigenvalue weighted by Gasteiger charge is 2.62. The monoisotopic (exact) mass is 468 g/mol. The second-order valence-electron chi connectivity index (χ2n) is 7.55. The number of hydrogen-bond donors (Lipinski definition) is 1. The number of oxime groups is 1. The number of carbonyl (C=O) groups excluding carboxylic acids is 1. The fourth-order valence-electron chi connectivity index (χ4n) is 3.26. The molecule has 2 aromatic carbocycles. The van der Waals surface area contributed by atoms with E-state index in [4.69, 9.17) is 28.0 Å². The van der Waals surface area contributed by atoms with Gasteiger partial charge in [-0.2, -0.15) is 13.2 Å². The Hall–Kier alpha value is -2.51. The first kappa shape index (κ1) is 21.7. The van der Waals surface area contributed by atoms with E-state index < -0.39 is 18.2 Å². The summed E-state index contributed by atoms with van der Waals surface area (Å²) in [6.07, 6.45) is -0.320. The Morgan fingerprint density at radius 1 is 1.10 bits per heavy atom. The molecule has 0 spiro atoms. The molecule has 4 rings (SSSR count). The number of rotatable bonds is 5. The number of hydrogen-bond acceptors (Lipinski definition) is 3. The van der Waals surface area contributed by atoms with Crippen molar-refractivity contribution in [3.8, 4) is 0 Å². The second-order valence-corrected chi connectivity index (χ2v) is 8.43. The molecule has 0 radical (unpaired) electrons. The van der Waals surface area contributed by atoms with Crippen molar-refractivity contribution < 1.29 is 22.8 Å². The van der Waals surface area contributed by atoms with Crippen LogP contribution >= 0.6 is 23.2 Å². The van der Waals surface area contributed by atoms with Crippen molar-refractivity contribution in [3.63, 3.8) is 0 Å². The second kappa shape index (κ2) is 8.20. The molecule has 31 heavy (non-hydrogen) atoms. The minimum Gasteiger partial charge on any atom is -0.374 e. The average Bonchev–Trinajstić information content (AvgIpc) is 3.45. The normalized spacial score (nSPS) is 21.1. The summed E-state index contributed by atoms with van der Waals surface area (Å²) in [6.45, 7) is 0. The minimum absolute atomic E-state index is 0.00496. The van der Waals surface area contributed by atoms with Crippen LogP contribution < -0.4 is 5.32 Å². The number of benzene rings is 2. The van der Waals surface area contributed by atoms with Crippen LogP contribution in [-0.2, 0) is 15.2 Å². The molecule has 9 heteroatoms. The lowest BCUT2D eigenvalue weighted by Crippen LogP contribution is -2.42. The first-order valence-corrected chi connectivity index (χ1v) is 10.3. The van der Waals surface area contributed by atoms with E-state index in [0.29, 0.717) is 5.69 Å². The summed E-state index contributed by atoms with van der Waals surface area (Å²) in [6, 6.07) is 10.7. The molecule has 162 valence electrons. The maximum absolute atomic E-state index is 14.0. The summed E-state index contributed by atoms with van der Waals surface area (Å²) >= 11 is 11.8. The van der Waals surface area contributed by atoms with Crippen LogP contribution in [0.1, 0.15) is 30.4 Å². The summed E-state index contributed by atoms with van der Waals surface area (Å²) in [4.78, 5) is 16.7. The number of halogens is 5. The third-order valence-electron chi connectivity index (χ3n) is 5.13. The highest BCUT2D eigenvalue weighted by molar-refractivity contribution is 6.34. The van der Waals surface area contributed by atoms with Crippen molar-refractivity contribution >= 4 is 46.6 Å². The lowest BCUT2D eigenvalue weighted by Gasteiger charge is -2.29. The number of anilines is 1. The summed E-state index contributed by atoms with van der Waals surface area (Å²) in [5.74, 6) is 0.105. The lowest BCUT2D eigenvalue weighted by molar-refractivity contribution is -0.275. The Morgan fingerprint density at radius 2 is 1.74 bits per heavy atom. The Kier molecular flexibility index (Phi) is 5.75. The van der Waals surface area contributed by atoms with Gasteiger partial charge in [-0.25, -0.2) is 0 Å². The van der Waals surface area contributed by atoms with E-state index in [1.165, 1.54) is 24.3 Å². The van der Waals surface area contributed by atoms with Gasteiger partial charge in [-0.15, -0.1) is 0 Å². The van der Waals surface area contributed by atoms with E-state index in [1.807, 2.05) is 0 Å². The fraction of sp³-hybridized carbons (Fsp3) is 0.273. The summed E-state index contributed by atoms with van der Waals surface area (Å²) in [5.41, 5.74) is -1.33. The largest absolute Gasteiger partial charge is 0.435 e. The molecule has 1 N–H and O–H groups in total. The molecule has 1 aliphatic heterocycles. The zero-order chi connectivity index (χ0) is 22.2. The van der Waals surface area contributed by atoms with E-state index in [0.717, 1.165) is 18.4 Å². The van der Waals surface area contributed by atoms with E-state index >= 15 is 0 Å². The van der Waals surface area contributed by atoms with Gasteiger partial charge in [0, 0.05) is 33.6 Å². The standard InChI is InChI=1S/C22H17Cl2F3N2O2/c23-16-9-15(10-17(24)11-16)21(22(25,26)27)12-19(29-31-21)8-3-13-1-6-18(7-2-13)28-20(30)14-4-5-14/h1-3,6-11,14H,4-5,12H2,(H,28,30)/b8-3+. The Labute approximate surface area is 186 Å². The van der Waals surface area contributed by atoms with Gasteiger partial charge in [0.25, 0.3) is 5.60 Å². The van der Waals surface area contributed by atoms with E-state index in [9.17, 15) is 18.0 Å². The highest BCUT2D eigenvalue weighted by atomic mass is 35.5. The molecule has 1 amide bonds. The number of nitrogens with one attached hydrogen (secondary N) is 1. The average molecular weight is 469 g/mol. The van der Waals surface area contributed by atoms with E-state index in [1.54, 1.807) is 30.3 Å². The Bertz CT molecular complexity index is 1040. The Balaban J connectivity index is 1.48. The molecule has 0 saturated heterocycles. The predicted molar refractivity (Wildman–Crippen MR) is 114 cm³/mol. The molecule has 1 aliphatic carbocycles. The maximum Gasteiger partial charge on any atom is 0.435 e. The zero-order valence-electron chi connectivity index (χ0n) is 16.0. The van der Waals surface area contributed by atoms with Gasteiger partial charge in [-0.1, -0.05) is 46.6 Å². The molecule has 0 aromatic heterocycles. The van der Waals surface area contributed by atoms with E-state index in [-0.39, 0.29) is 33.1 Å². The summed E-state index contributed by atoms with van der Waals surface area (Å²) in [5, 5.41) is 6.64. The van der Waals surface area contributed by atoms with Crippen LogP contribution in [0.25, 0.3) is 6.08 Å².